The number of rotatable bonds is 2. The molecule has 0 unspecified atom stereocenters. The third-order valence-corrected chi connectivity index (χ3v) is 3.05. The average Bonchev–Trinajstić information content (AvgIpc) is 2.69. The van der Waals surface area contributed by atoms with Crippen LogP contribution in [0.5, 0.6) is 0 Å². The van der Waals surface area contributed by atoms with Crippen LogP contribution in [0.15, 0.2) is 29.4 Å². The predicted octanol–water partition coefficient (Wildman–Crippen LogP) is 3.91. The fraction of sp³-hybridized carbons (Fsp3) is 0.455. The van der Waals surface area contributed by atoms with Gasteiger partial charge in [-0.15, -0.1) is 0 Å². The Morgan fingerprint density at radius 1 is 1.20 bits per heavy atom. The highest BCUT2D eigenvalue weighted by Crippen LogP contribution is 2.42. The molecule has 1 aliphatic carbocycles. The number of nitrogens with zero attached hydrogens (tertiary/aromatic N) is 3. The summed E-state index contributed by atoms with van der Waals surface area (Å²) in [6.45, 7) is 0. The lowest BCUT2D eigenvalue weighted by atomic mass is 9.89. The summed E-state index contributed by atoms with van der Waals surface area (Å²) in [6.07, 6.45) is 3.86. The van der Waals surface area contributed by atoms with Crippen molar-refractivity contribution in [1.29, 1.82) is 0 Å². The van der Waals surface area contributed by atoms with E-state index in [1.165, 1.54) is 12.1 Å². The van der Waals surface area contributed by atoms with Crippen LogP contribution < -0.4 is 0 Å². The lowest BCUT2D eigenvalue weighted by Gasteiger charge is -2.23. The van der Waals surface area contributed by atoms with Gasteiger partial charge in [-0.25, -0.2) is 4.39 Å². The van der Waals surface area contributed by atoms with Crippen molar-refractivity contribution in [3.05, 3.63) is 46.1 Å². The Kier molecular flexibility index (Phi) is 2.60. The quantitative estimate of drug-likeness (QED) is 0.399. The van der Waals surface area contributed by atoms with Crippen LogP contribution in [-0.4, -0.2) is 0 Å². The molecule has 1 fully saturated rings. The fourth-order valence-electron chi connectivity index (χ4n) is 2.25. The standard InChI is InChI=1S/C11H12FN3/c12-10-5-3-9(4-6-10)11(14-15-13)7-1-2-8-11/h3-6H,1-2,7-8H2. The zero-order valence-electron chi connectivity index (χ0n) is 8.36. The van der Waals surface area contributed by atoms with Gasteiger partial charge in [0.1, 0.15) is 5.82 Å². The van der Waals surface area contributed by atoms with E-state index < -0.39 is 5.54 Å². The molecule has 0 saturated heterocycles. The second-order valence-corrected chi connectivity index (χ2v) is 3.94. The maximum Gasteiger partial charge on any atom is 0.123 e. The second-order valence-electron chi connectivity index (χ2n) is 3.94. The van der Waals surface area contributed by atoms with E-state index in [2.05, 4.69) is 10.0 Å². The van der Waals surface area contributed by atoms with Crippen molar-refractivity contribution in [1.82, 2.24) is 0 Å². The SMILES string of the molecule is [N-]=[N+]=NC1(c2ccc(F)cc2)CCCC1. The second kappa shape index (κ2) is 3.91. The van der Waals surface area contributed by atoms with E-state index in [0.717, 1.165) is 31.2 Å². The Morgan fingerprint density at radius 2 is 1.80 bits per heavy atom. The molecule has 4 heteroatoms. The van der Waals surface area contributed by atoms with E-state index in [1.54, 1.807) is 12.1 Å². The maximum absolute atomic E-state index is 12.8. The summed E-state index contributed by atoms with van der Waals surface area (Å²) in [4.78, 5) is 2.92. The highest BCUT2D eigenvalue weighted by Gasteiger charge is 2.34. The van der Waals surface area contributed by atoms with Crippen molar-refractivity contribution in [2.75, 3.05) is 0 Å². The summed E-state index contributed by atoms with van der Waals surface area (Å²) in [5.74, 6) is -0.257. The van der Waals surface area contributed by atoms with E-state index in [9.17, 15) is 4.39 Å². The monoisotopic (exact) mass is 205 g/mol. The van der Waals surface area contributed by atoms with Crippen molar-refractivity contribution < 1.29 is 4.39 Å². The van der Waals surface area contributed by atoms with Gasteiger partial charge in [0.05, 0.1) is 5.54 Å². The minimum Gasteiger partial charge on any atom is -0.207 e. The van der Waals surface area contributed by atoms with Gasteiger partial charge in [-0.05, 0) is 36.1 Å². The number of benzene rings is 1. The Hall–Kier alpha value is -1.54. The zero-order chi connectivity index (χ0) is 10.7. The lowest BCUT2D eigenvalue weighted by molar-refractivity contribution is 0.458. The molecular weight excluding hydrogens is 193 g/mol. The number of azide groups is 1. The van der Waals surface area contributed by atoms with Gasteiger partial charge < -0.3 is 0 Å². The van der Waals surface area contributed by atoms with Crippen molar-refractivity contribution in [2.45, 2.75) is 31.2 Å². The summed E-state index contributed by atoms with van der Waals surface area (Å²) in [7, 11) is 0. The highest BCUT2D eigenvalue weighted by molar-refractivity contribution is 5.26. The molecular formula is C11H12FN3. The molecule has 0 aliphatic heterocycles. The van der Waals surface area contributed by atoms with Gasteiger partial charge in [-0.2, -0.15) is 0 Å². The van der Waals surface area contributed by atoms with Gasteiger partial charge in [0.15, 0.2) is 0 Å². The predicted molar refractivity (Wildman–Crippen MR) is 55.7 cm³/mol. The van der Waals surface area contributed by atoms with Crippen LogP contribution in [0.1, 0.15) is 31.2 Å². The van der Waals surface area contributed by atoms with Gasteiger partial charge in [0, 0.05) is 4.91 Å². The first-order valence-corrected chi connectivity index (χ1v) is 5.09. The fourth-order valence-corrected chi connectivity index (χ4v) is 2.25. The van der Waals surface area contributed by atoms with Crippen molar-refractivity contribution in [3.63, 3.8) is 0 Å². The Morgan fingerprint density at radius 3 is 2.33 bits per heavy atom. The highest BCUT2D eigenvalue weighted by atomic mass is 19.1. The molecule has 0 radical (unpaired) electrons. The van der Waals surface area contributed by atoms with Crippen LogP contribution in [0, 0.1) is 5.82 Å². The van der Waals surface area contributed by atoms with Gasteiger partial charge in [0.25, 0.3) is 0 Å². The molecule has 1 aliphatic rings. The van der Waals surface area contributed by atoms with Crippen molar-refractivity contribution >= 4 is 0 Å². The van der Waals surface area contributed by atoms with E-state index in [-0.39, 0.29) is 5.82 Å². The third kappa shape index (κ3) is 1.81. The minimum absolute atomic E-state index is 0.257. The zero-order valence-corrected chi connectivity index (χ0v) is 8.36. The molecule has 0 aromatic heterocycles. The molecule has 0 amide bonds. The van der Waals surface area contributed by atoms with E-state index in [1.807, 2.05) is 0 Å². The van der Waals surface area contributed by atoms with Crippen molar-refractivity contribution in [2.24, 2.45) is 5.11 Å². The molecule has 78 valence electrons. The lowest BCUT2D eigenvalue weighted by Crippen LogP contribution is -2.17. The molecule has 2 rings (SSSR count). The first-order valence-electron chi connectivity index (χ1n) is 5.09. The number of hydrogen-bond donors (Lipinski definition) is 0. The summed E-state index contributed by atoms with van der Waals surface area (Å²) < 4.78 is 12.8. The molecule has 3 nitrogen and oxygen atoms in total. The average molecular weight is 205 g/mol. The Bertz CT molecular complexity index is 387. The molecule has 0 spiro atoms. The van der Waals surface area contributed by atoms with Crippen LogP contribution >= 0.6 is 0 Å². The van der Waals surface area contributed by atoms with Crippen LogP contribution in [0.4, 0.5) is 4.39 Å². The van der Waals surface area contributed by atoms with Crippen molar-refractivity contribution in [3.8, 4) is 0 Å². The number of halogens is 1. The molecule has 15 heavy (non-hydrogen) atoms. The smallest absolute Gasteiger partial charge is 0.123 e. The van der Waals surface area contributed by atoms with Gasteiger partial charge >= 0.3 is 0 Å². The Labute approximate surface area is 87.5 Å². The first-order chi connectivity index (χ1) is 7.27. The van der Waals surface area contributed by atoms with Gasteiger partial charge in [-0.3, -0.25) is 0 Å². The molecule has 1 aromatic carbocycles. The molecule has 0 heterocycles. The topological polar surface area (TPSA) is 48.8 Å². The Balaban J connectivity index is 2.40. The van der Waals surface area contributed by atoms with E-state index >= 15 is 0 Å². The molecule has 1 saturated carbocycles. The van der Waals surface area contributed by atoms with Crippen LogP contribution in [0.25, 0.3) is 10.4 Å². The van der Waals surface area contributed by atoms with Crippen LogP contribution in [0.3, 0.4) is 0 Å². The maximum atomic E-state index is 12.8. The third-order valence-electron chi connectivity index (χ3n) is 3.05. The molecule has 1 aromatic rings. The molecule has 0 bridgehead atoms. The van der Waals surface area contributed by atoms with Gasteiger partial charge in [-0.1, -0.05) is 30.1 Å². The molecule has 0 atom stereocenters. The summed E-state index contributed by atoms with van der Waals surface area (Å²) in [5.41, 5.74) is 9.09. The number of hydrogen-bond acceptors (Lipinski definition) is 1. The summed E-state index contributed by atoms with van der Waals surface area (Å²) in [5, 5.41) is 3.91. The van der Waals surface area contributed by atoms with E-state index in [0.29, 0.717) is 0 Å². The summed E-state index contributed by atoms with van der Waals surface area (Å²) >= 11 is 0. The van der Waals surface area contributed by atoms with E-state index in [4.69, 9.17) is 5.53 Å². The summed E-state index contributed by atoms with van der Waals surface area (Å²) in [6, 6.07) is 6.27. The van der Waals surface area contributed by atoms with Crippen LogP contribution in [0.2, 0.25) is 0 Å². The molecule has 0 N–H and O–H groups in total. The first kappa shape index (κ1) is 9.99. The minimum atomic E-state index is -0.428. The normalized spacial score (nSPS) is 18.5. The van der Waals surface area contributed by atoms with Gasteiger partial charge in [0.2, 0.25) is 0 Å². The van der Waals surface area contributed by atoms with Crippen LogP contribution in [-0.2, 0) is 5.54 Å². The largest absolute Gasteiger partial charge is 0.207 e.